The molecule has 0 atom stereocenters. The first-order chi connectivity index (χ1) is 24.3. The summed E-state index contributed by atoms with van der Waals surface area (Å²) < 4.78 is 6.84. The van der Waals surface area contributed by atoms with Crippen molar-refractivity contribution >= 4 is 38.9 Å². The Morgan fingerprint density at radius 1 is 0.388 bits per heavy atom. The third-order valence-electron chi connectivity index (χ3n) is 9.11. The Kier molecular flexibility index (Phi) is 6.04. The fourth-order valence-electron chi connectivity index (χ4n) is 6.95. The molecule has 0 bridgehead atoms. The van der Waals surface area contributed by atoms with Gasteiger partial charge in [0.15, 0.2) is 23.1 Å². The van der Waals surface area contributed by atoms with Gasteiger partial charge in [0.1, 0.15) is 5.52 Å². The number of rotatable bonds is 5. The van der Waals surface area contributed by atoms with Crippen molar-refractivity contribution in [1.82, 2.24) is 33.5 Å². The van der Waals surface area contributed by atoms with Crippen molar-refractivity contribution in [3.63, 3.8) is 0 Å². The van der Waals surface area contributed by atoms with Gasteiger partial charge >= 0.3 is 0 Å². The standard InChI is InChI=1S/C42H27N7/c1-4-16-28(17-5-1)38-44-39(29-18-6-2-7-19-29)46-40(45-38)32-23-11-13-25-34(32)48-35-26-14-15-27-36(35)49-41-37(43-42(48)49)31-22-10-12-24-33(31)47(41)30-20-8-3-9-21-30/h1-27H. The Hall–Kier alpha value is -6.86. The molecule has 0 radical (unpaired) electrons. The summed E-state index contributed by atoms with van der Waals surface area (Å²) in [5, 5.41) is 1.10. The molecule has 10 aromatic rings. The maximum Gasteiger partial charge on any atom is 0.221 e. The average Bonchev–Trinajstić information content (AvgIpc) is 3.81. The second-order valence-electron chi connectivity index (χ2n) is 12.0. The molecule has 0 unspecified atom stereocenters. The predicted molar refractivity (Wildman–Crippen MR) is 196 cm³/mol. The number of hydrogen-bond acceptors (Lipinski definition) is 4. The topological polar surface area (TPSA) is 65.8 Å². The van der Waals surface area contributed by atoms with Crippen molar-refractivity contribution in [2.24, 2.45) is 0 Å². The fraction of sp³-hybridized carbons (Fsp3) is 0. The van der Waals surface area contributed by atoms with Crippen LogP contribution in [0.3, 0.4) is 0 Å². The molecule has 0 fully saturated rings. The lowest BCUT2D eigenvalue weighted by Gasteiger charge is -2.13. The number of para-hydroxylation sites is 5. The van der Waals surface area contributed by atoms with Gasteiger partial charge in [-0.2, -0.15) is 0 Å². The van der Waals surface area contributed by atoms with Crippen LogP contribution in [0.2, 0.25) is 0 Å². The van der Waals surface area contributed by atoms with E-state index in [2.05, 4.69) is 111 Å². The van der Waals surface area contributed by atoms with Crippen molar-refractivity contribution in [1.29, 1.82) is 0 Å². The van der Waals surface area contributed by atoms with E-state index in [0.717, 1.165) is 66.9 Å². The van der Waals surface area contributed by atoms with Crippen molar-refractivity contribution in [2.75, 3.05) is 0 Å². The number of aromatic nitrogens is 7. The summed E-state index contributed by atoms with van der Waals surface area (Å²) in [4.78, 5) is 20.5. The molecule has 4 aromatic heterocycles. The minimum absolute atomic E-state index is 0.592. The normalized spacial score (nSPS) is 11.7. The van der Waals surface area contributed by atoms with Gasteiger partial charge in [-0.15, -0.1) is 0 Å². The van der Waals surface area contributed by atoms with E-state index >= 15 is 0 Å². The van der Waals surface area contributed by atoms with Gasteiger partial charge in [-0.3, -0.25) is 13.5 Å². The molecule has 230 valence electrons. The van der Waals surface area contributed by atoms with Crippen molar-refractivity contribution in [3.05, 3.63) is 164 Å². The highest BCUT2D eigenvalue weighted by Crippen LogP contribution is 2.38. The first-order valence-corrected chi connectivity index (χ1v) is 16.3. The Morgan fingerprint density at radius 3 is 1.61 bits per heavy atom. The molecule has 10 rings (SSSR count). The van der Waals surface area contributed by atoms with Gasteiger partial charge in [0.2, 0.25) is 5.78 Å². The summed E-state index contributed by atoms with van der Waals surface area (Å²) in [6.45, 7) is 0. The molecular weight excluding hydrogens is 603 g/mol. The lowest BCUT2D eigenvalue weighted by molar-refractivity contribution is 1.05. The number of hydrogen-bond donors (Lipinski definition) is 0. The van der Waals surface area contributed by atoms with Crippen molar-refractivity contribution in [2.45, 2.75) is 0 Å². The van der Waals surface area contributed by atoms with Crippen LogP contribution in [0, 0.1) is 0 Å². The fourth-order valence-corrected chi connectivity index (χ4v) is 6.95. The second-order valence-corrected chi connectivity index (χ2v) is 12.0. The summed E-state index contributed by atoms with van der Waals surface area (Å²) in [6.07, 6.45) is 0. The van der Waals surface area contributed by atoms with Crippen LogP contribution in [-0.4, -0.2) is 33.5 Å². The van der Waals surface area contributed by atoms with Gasteiger partial charge in [-0.25, -0.2) is 19.9 Å². The first-order valence-electron chi connectivity index (χ1n) is 16.3. The zero-order valence-electron chi connectivity index (χ0n) is 26.2. The van der Waals surface area contributed by atoms with E-state index < -0.39 is 0 Å². The molecule has 0 amide bonds. The molecule has 49 heavy (non-hydrogen) atoms. The van der Waals surface area contributed by atoms with Gasteiger partial charge in [0.25, 0.3) is 0 Å². The third kappa shape index (κ3) is 4.22. The number of fused-ring (bicyclic) bond motifs is 7. The molecule has 7 nitrogen and oxygen atoms in total. The Bertz CT molecular complexity index is 2760. The molecule has 0 aliphatic rings. The monoisotopic (exact) mass is 629 g/mol. The molecule has 0 saturated carbocycles. The van der Waals surface area contributed by atoms with E-state index in [1.807, 2.05) is 66.7 Å². The number of nitrogens with zero attached hydrogens (tertiary/aromatic N) is 7. The maximum absolute atomic E-state index is 5.42. The van der Waals surface area contributed by atoms with Crippen LogP contribution in [0.25, 0.3) is 84.4 Å². The Labute approximate surface area is 281 Å². The van der Waals surface area contributed by atoms with Gasteiger partial charge in [-0.1, -0.05) is 121 Å². The van der Waals surface area contributed by atoms with Crippen LogP contribution < -0.4 is 0 Å². The molecule has 0 spiro atoms. The molecule has 0 aliphatic carbocycles. The third-order valence-corrected chi connectivity index (χ3v) is 9.11. The van der Waals surface area contributed by atoms with Crippen LogP contribution in [0.1, 0.15) is 0 Å². The maximum atomic E-state index is 5.42. The van der Waals surface area contributed by atoms with Crippen LogP contribution in [0.15, 0.2) is 164 Å². The second kappa shape index (κ2) is 10.9. The summed E-state index contributed by atoms with van der Waals surface area (Å²) in [7, 11) is 0. The summed E-state index contributed by atoms with van der Waals surface area (Å²) in [6, 6.07) is 55.9. The zero-order valence-corrected chi connectivity index (χ0v) is 26.2. The predicted octanol–water partition coefficient (Wildman–Crippen LogP) is 9.56. The van der Waals surface area contributed by atoms with E-state index in [9.17, 15) is 0 Å². The van der Waals surface area contributed by atoms with Gasteiger partial charge in [0.05, 0.1) is 22.2 Å². The molecule has 0 saturated heterocycles. The van der Waals surface area contributed by atoms with Crippen LogP contribution in [-0.2, 0) is 0 Å². The van der Waals surface area contributed by atoms with E-state index in [1.54, 1.807) is 0 Å². The molecule has 0 N–H and O–H groups in total. The quantitative estimate of drug-likeness (QED) is 0.190. The highest BCUT2D eigenvalue weighted by Gasteiger charge is 2.25. The minimum atomic E-state index is 0.592. The van der Waals surface area contributed by atoms with E-state index in [4.69, 9.17) is 19.9 Å². The SMILES string of the molecule is c1ccc(-c2nc(-c3ccccc3)nc(-c3ccccc3-n3c4ccccc4n4c3nc3c5ccccc5n(-c5ccccc5)c34)n2)cc1. The van der Waals surface area contributed by atoms with E-state index in [0.29, 0.717) is 17.5 Å². The van der Waals surface area contributed by atoms with Crippen LogP contribution in [0.5, 0.6) is 0 Å². The van der Waals surface area contributed by atoms with Gasteiger partial charge in [-0.05, 0) is 42.5 Å². The minimum Gasteiger partial charge on any atom is -0.294 e. The molecule has 6 aromatic carbocycles. The molecular formula is C42H27N7. The first kappa shape index (κ1) is 27.3. The largest absolute Gasteiger partial charge is 0.294 e. The van der Waals surface area contributed by atoms with Crippen LogP contribution >= 0.6 is 0 Å². The van der Waals surface area contributed by atoms with Crippen LogP contribution in [0.4, 0.5) is 0 Å². The summed E-state index contributed by atoms with van der Waals surface area (Å²) >= 11 is 0. The molecule has 0 aliphatic heterocycles. The lowest BCUT2D eigenvalue weighted by atomic mass is 10.1. The average molecular weight is 630 g/mol. The van der Waals surface area contributed by atoms with E-state index in [1.165, 1.54) is 0 Å². The molecule has 7 heteroatoms. The Morgan fingerprint density at radius 2 is 0.918 bits per heavy atom. The van der Waals surface area contributed by atoms with Crippen molar-refractivity contribution in [3.8, 4) is 45.5 Å². The van der Waals surface area contributed by atoms with Gasteiger partial charge in [0, 0.05) is 27.8 Å². The highest BCUT2D eigenvalue weighted by molar-refractivity contribution is 6.09. The van der Waals surface area contributed by atoms with Crippen molar-refractivity contribution < 1.29 is 0 Å². The highest BCUT2D eigenvalue weighted by atomic mass is 15.3. The van der Waals surface area contributed by atoms with E-state index in [-0.39, 0.29) is 0 Å². The summed E-state index contributed by atoms with van der Waals surface area (Å²) in [5.74, 6) is 2.65. The smallest absolute Gasteiger partial charge is 0.221 e. The van der Waals surface area contributed by atoms with Gasteiger partial charge < -0.3 is 0 Å². The zero-order chi connectivity index (χ0) is 32.3. The Balaban J connectivity index is 1.29. The lowest BCUT2D eigenvalue weighted by Crippen LogP contribution is -2.04. The number of benzene rings is 6. The summed E-state index contributed by atoms with van der Waals surface area (Å²) in [5.41, 5.74) is 9.93. The molecule has 4 heterocycles. The number of imidazole rings is 2.